The number of carboxylic acids is 1. The fourth-order valence-electron chi connectivity index (χ4n) is 1.54. The molecule has 0 aliphatic heterocycles. The highest BCUT2D eigenvalue weighted by Gasteiger charge is 2.20. The van der Waals surface area contributed by atoms with E-state index in [2.05, 4.69) is 39.5 Å². The van der Waals surface area contributed by atoms with Crippen LogP contribution >= 0.6 is 0 Å². The third-order valence-corrected chi connectivity index (χ3v) is 2.74. The Bertz CT molecular complexity index is 178. The van der Waals surface area contributed by atoms with Crippen molar-refractivity contribution in [2.24, 2.45) is 5.92 Å². The zero-order chi connectivity index (χ0) is 11.3. The van der Waals surface area contributed by atoms with E-state index >= 15 is 0 Å². The van der Waals surface area contributed by atoms with Crippen molar-refractivity contribution in [3.8, 4) is 0 Å². The largest absolute Gasteiger partial charge is 0.481 e. The highest BCUT2D eigenvalue weighted by molar-refractivity contribution is 5.66. The van der Waals surface area contributed by atoms with Crippen molar-refractivity contribution in [1.82, 2.24) is 4.90 Å². The average Bonchev–Trinajstić information content (AvgIpc) is 2.02. The Morgan fingerprint density at radius 3 is 2.00 bits per heavy atom. The number of hydrogen-bond donors (Lipinski definition) is 1. The van der Waals surface area contributed by atoms with Gasteiger partial charge >= 0.3 is 5.97 Å². The summed E-state index contributed by atoms with van der Waals surface area (Å²) in [5, 5.41) is 8.64. The molecule has 84 valence electrons. The zero-order valence-corrected chi connectivity index (χ0v) is 9.95. The van der Waals surface area contributed by atoms with Crippen LogP contribution in [-0.2, 0) is 4.79 Å². The van der Waals surface area contributed by atoms with Gasteiger partial charge in [-0.05, 0) is 26.7 Å². The van der Waals surface area contributed by atoms with E-state index in [1.807, 2.05) is 0 Å². The van der Waals surface area contributed by atoms with E-state index in [0.717, 1.165) is 0 Å². The molecule has 0 saturated carbocycles. The van der Waals surface area contributed by atoms with Crippen LogP contribution in [0.4, 0.5) is 0 Å². The molecule has 1 atom stereocenters. The van der Waals surface area contributed by atoms with Crippen LogP contribution < -0.4 is 0 Å². The molecule has 0 saturated heterocycles. The molecular weight excluding hydrogens is 178 g/mol. The molecule has 3 nitrogen and oxygen atoms in total. The van der Waals surface area contributed by atoms with E-state index in [1.54, 1.807) is 0 Å². The molecule has 3 heteroatoms. The molecule has 0 amide bonds. The lowest BCUT2D eigenvalue weighted by Crippen LogP contribution is -2.42. The summed E-state index contributed by atoms with van der Waals surface area (Å²) in [4.78, 5) is 12.7. The third kappa shape index (κ3) is 4.61. The summed E-state index contributed by atoms with van der Waals surface area (Å²) in [7, 11) is 0. The van der Waals surface area contributed by atoms with Crippen LogP contribution in [0, 0.1) is 5.92 Å². The van der Waals surface area contributed by atoms with E-state index in [0.29, 0.717) is 24.5 Å². The smallest absolute Gasteiger partial charge is 0.304 e. The minimum Gasteiger partial charge on any atom is -0.481 e. The maximum Gasteiger partial charge on any atom is 0.304 e. The van der Waals surface area contributed by atoms with Crippen LogP contribution in [0.3, 0.4) is 0 Å². The normalized spacial score (nSPS) is 14.0. The number of aliphatic carboxylic acids is 1. The van der Waals surface area contributed by atoms with Gasteiger partial charge in [-0.25, -0.2) is 0 Å². The summed E-state index contributed by atoms with van der Waals surface area (Å²) in [6, 6.07) is 0.848. The lowest BCUT2D eigenvalue weighted by Gasteiger charge is -2.34. The molecule has 0 aromatic rings. The summed E-state index contributed by atoms with van der Waals surface area (Å²) < 4.78 is 0. The molecule has 0 radical (unpaired) electrons. The summed E-state index contributed by atoms with van der Waals surface area (Å²) in [5.41, 5.74) is 0. The predicted molar refractivity (Wildman–Crippen MR) is 58.4 cm³/mol. The summed E-state index contributed by atoms with van der Waals surface area (Å²) >= 11 is 0. The fraction of sp³-hybridized carbons (Fsp3) is 0.909. The summed E-state index contributed by atoms with van der Waals surface area (Å²) in [6.07, 6.45) is 0.231. The molecule has 1 N–H and O–H groups in total. The maximum absolute atomic E-state index is 10.5. The molecule has 0 aliphatic carbocycles. The van der Waals surface area contributed by atoms with Crippen LogP contribution in [-0.4, -0.2) is 34.6 Å². The van der Waals surface area contributed by atoms with E-state index in [1.165, 1.54) is 0 Å². The second-order valence-electron chi connectivity index (χ2n) is 4.46. The third-order valence-electron chi connectivity index (χ3n) is 2.74. The number of hydrogen-bond acceptors (Lipinski definition) is 2. The van der Waals surface area contributed by atoms with E-state index < -0.39 is 5.97 Å². The Labute approximate surface area is 87.1 Å². The number of rotatable bonds is 6. The Morgan fingerprint density at radius 2 is 1.71 bits per heavy atom. The van der Waals surface area contributed by atoms with Gasteiger partial charge in [0.25, 0.3) is 0 Å². The second kappa shape index (κ2) is 6.02. The van der Waals surface area contributed by atoms with Crippen LogP contribution in [0.25, 0.3) is 0 Å². The molecule has 14 heavy (non-hydrogen) atoms. The first-order chi connectivity index (χ1) is 6.36. The van der Waals surface area contributed by atoms with Crippen molar-refractivity contribution < 1.29 is 9.90 Å². The van der Waals surface area contributed by atoms with Gasteiger partial charge in [0.1, 0.15) is 0 Å². The molecule has 0 rings (SSSR count). The van der Waals surface area contributed by atoms with Gasteiger partial charge in [0.05, 0.1) is 6.42 Å². The van der Waals surface area contributed by atoms with Gasteiger partial charge in [-0.15, -0.1) is 0 Å². The molecule has 0 fully saturated rings. The van der Waals surface area contributed by atoms with Gasteiger partial charge in [-0.3, -0.25) is 9.69 Å². The van der Waals surface area contributed by atoms with Crippen LogP contribution in [0.15, 0.2) is 0 Å². The standard InChI is InChI=1S/C11H23NO2/c1-8(2)10(5)12(9(3)4)7-6-11(13)14/h8-10H,6-7H2,1-5H3,(H,13,14). The maximum atomic E-state index is 10.5. The van der Waals surface area contributed by atoms with Crippen molar-refractivity contribution >= 4 is 5.97 Å². The molecule has 0 aromatic heterocycles. The molecule has 0 aliphatic rings. The van der Waals surface area contributed by atoms with Crippen molar-refractivity contribution in [1.29, 1.82) is 0 Å². The Balaban J connectivity index is 4.21. The lowest BCUT2D eigenvalue weighted by atomic mass is 10.0. The topological polar surface area (TPSA) is 40.5 Å². The molecule has 0 bridgehead atoms. The molecule has 1 unspecified atom stereocenters. The van der Waals surface area contributed by atoms with Crippen LogP contribution in [0.1, 0.15) is 41.0 Å². The highest BCUT2D eigenvalue weighted by atomic mass is 16.4. The zero-order valence-electron chi connectivity index (χ0n) is 9.95. The minimum atomic E-state index is -0.716. The van der Waals surface area contributed by atoms with Gasteiger partial charge in [-0.1, -0.05) is 13.8 Å². The first-order valence-electron chi connectivity index (χ1n) is 5.33. The predicted octanol–water partition coefficient (Wildman–Crippen LogP) is 2.22. The summed E-state index contributed by atoms with van der Waals surface area (Å²) in [5.74, 6) is -0.155. The SMILES string of the molecule is CC(C)C(C)N(CCC(=O)O)C(C)C. The van der Waals surface area contributed by atoms with Crippen molar-refractivity contribution in [3.05, 3.63) is 0 Å². The average molecular weight is 201 g/mol. The van der Waals surface area contributed by atoms with Crippen molar-refractivity contribution in [3.63, 3.8) is 0 Å². The van der Waals surface area contributed by atoms with Gasteiger partial charge < -0.3 is 5.11 Å². The van der Waals surface area contributed by atoms with Crippen LogP contribution in [0.5, 0.6) is 0 Å². The van der Waals surface area contributed by atoms with Crippen molar-refractivity contribution in [2.45, 2.75) is 53.1 Å². The van der Waals surface area contributed by atoms with Gasteiger partial charge in [0, 0.05) is 18.6 Å². The first-order valence-corrected chi connectivity index (χ1v) is 5.33. The highest BCUT2D eigenvalue weighted by Crippen LogP contribution is 2.13. The Hall–Kier alpha value is -0.570. The van der Waals surface area contributed by atoms with Gasteiger partial charge in [0.2, 0.25) is 0 Å². The summed E-state index contributed by atoms with van der Waals surface area (Å²) in [6.45, 7) is 11.4. The first kappa shape index (κ1) is 13.4. The van der Waals surface area contributed by atoms with Gasteiger partial charge in [0.15, 0.2) is 0 Å². The minimum absolute atomic E-state index is 0.231. The molecule has 0 spiro atoms. The lowest BCUT2D eigenvalue weighted by molar-refractivity contribution is -0.137. The quantitative estimate of drug-likeness (QED) is 0.716. The number of carboxylic acid groups (broad SMARTS) is 1. The van der Waals surface area contributed by atoms with E-state index in [9.17, 15) is 4.79 Å². The second-order valence-corrected chi connectivity index (χ2v) is 4.46. The Morgan fingerprint density at radius 1 is 1.21 bits per heavy atom. The number of nitrogens with zero attached hydrogens (tertiary/aromatic N) is 1. The molecule has 0 aromatic carbocycles. The van der Waals surface area contributed by atoms with Crippen LogP contribution in [0.2, 0.25) is 0 Å². The molecular formula is C11H23NO2. The van der Waals surface area contributed by atoms with Crippen molar-refractivity contribution in [2.75, 3.05) is 6.54 Å². The molecule has 0 heterocycles. The Kier molecular flexibility index (Phi) is 5.77. The van der Waals surface area contributed by atoms with E-state index in [-0.39, 0.29) is 6.42 Å². The van der Waals surface area contributed by atoms with Gasteiger partial charge in [-0.2, -0.15) is 0 Å². The number of carbonyl (C=O) groups is 1. The van der Waals surface area contributed by atoms with E-state index in [4.69, 9.17) is 5.11 Å². The fourth-order valence-corrected chi connectivity index (χ4v) is 1.54. The monoisotopic (exact) mass is 201 g/mol.